The summed E-state index contributed by atoms with van der Waals surface area (Å²) >= 11 is 1.32. The minimum absolute atomic E-state index is 0.128. The van der Waals surface area contributed by atoms with E-state index in [9.17, 15) is 27.6 Å². The molecule has 1 aliphatic rings. The quantitative estimate of drug-likeness (QED) is 0.404. The summed E-state index contributed by atoms with van der Waals surface area (Å²) in [6, 6.07) is 10.7. The highest BCUT2D eigenvalue weighted by Crippen LogP contribution is 2.28. The summed E-state index contributed by atoms with van der Waals surface area (Å²) in [5.74, 6) is -2.90. The second-order valence-electron chi connectivity index (χ2n) is 8.15. The van der Waals surface area contributed by atoms with Crippen LogP contribution in [0.2, 0.25) is 0 Å². The molecule has 0 aliphatic carbocycles. The lowest BCUT2D eigenvalue weighted by molar-refractivity contribution is -0.186. The molecule has 4 aromatic rings. The maximum absolute atomic E-state index is 12.9. The van der Waals surface area contributed by atoms with Gasteiger partial charge in [0.05, 0.1) is 22.3 Å². The fraction of sp³-hybridized carbons (Fsp3) is 0.208. The van der Waals surface area contributed by atoms with Crippen LogP contribution in [0, 0.1) is 0 Å². The highest BCUT2D eigenvalue weighted by molar-refractivity contribution is 7.12. The zero-order chi connectivity index (χ0) is 25.4. The summed E-state index contributed by atoms with van der Waals surface area (Å²) in [7, 11) is 0. The Balaban J connectivity index is 1.41. The van der Waals surface area contributed by atoms with Gasteiger partial charge in [-0.25, -0.2) is 9.50 Å². The van der Waals surface area contributed by atoms with Gasteiger partial charge in [-0.05, 0) is 42.5 Å². The number of fused-ring (bicyclic) bond motifs is 1. The molecule has 2 amide bonds. The number of amides is 2. The van der Waals surface area contributed by atoms with Crippen molar-refractivity contribution in [2.24, 2.45) is 0 Å². The predicted molar refractivity (Wildman–Crippen MR) is 126 cm³/mol. The third kappa shape index (κ3) is 4.35. The van der Waals surface area contributed by atoms with Gasteiger partial charge in [-0.15, -0.1) is 11.3 Å². The molecule has 1 N–H and O–H groups in total. The Labute approximate surface area is 206 Å². The van der Waals surface area contributed by atoms with E-state index in [4.69, 9.17) is 0 Å². The number of alkyl halides is 3. The van der Waals surface area contributed by atoms with Crippen molar-refractivity contribution in [1.82, 2.24) is 19.5 Å². The molecule has 12 heteroatoms. The highest BCUT2D eigenvalue weighted by Gasteiger charge is 2.47. The lowest BCUT2D eigenvalue weighted by atomic mass is 10.1. The van der Waals surface area contributed by atoms with Gasteiger partial charge >= 0.3 is 12.1 Å². The third-order valence-electron chi connectivity index (χ3n) is 5.88. The van der Waals surface area contributed by atoms with Gasteiger partial charge in [0.2, 0.25) is 11.7 Å². The molecule has 36 heavy (non-hydrogen) atoms. The number of carbonyl (C=O) groups excluding carboxylic acids is 3. The molecule has 0 radical (unpaired) electrons. The first-order valence-corrected chi connectivity index (χ1v) is 11.8. The molecule has 5 rings (SSSR count). The number of halogens is 3. The first kappa shape index (κ1) is 23.7. The maximum Gasteiger partial charge on any atom is 0.471 e. The predicted octanol–water partition coefficient (Wildman–Crippen LogP) is 4.18. The van der Waals surface area contributed by atoms with Gasteiger partial charge in [-0.2, -0.15) is 18.3 Å². The Bertz CT molecular complexity index is 1470. The SMILES string of the molecule is O=C(c1cccs1)c1cnn2c(-c3cccc(NC(=O)[C@@H]4CCCN4C(=O)C(F)(F)F)c3)ccnc12. The van der Waals surface area contributed by atoms with Crippen LogP contribution in [0.1, 0.15) is 28.1 Å². The lowest BCUT2D eigenvalue weighted by Gasteiger charge is -2.24. The summed E-state index contributed by atoms with van der Waals surface area (Å²) in [5, 5.41) is 8.76. The Hall–Kier alpha value is -4.06. The fourth-order valence-corrected chi connectivity index (χ4v) is 4.92. The molecular formula is C24H18F3N5O3S. The van der Waals surface area contributed by atoms with Crippen molar-refractivity contribution >= 4 is 40.3 Å². The summed E-state index contributed by atoms with van der Waals surface area (Å²) in [4.78, 5) is 42.8. The maximum atomic E-state index is 12.9. The van der Waals surface area contributed by atoms with E-state index in [0.717, 1.165) is 0 Å². The van der Waals surface area contributed by atoms with Crippen LogP contribution in [0.15, 0.2) is 60.2 Å². The van der Waals surface area contributed by atoms with Gasteiger partial charge in [0.1, 0.15) is 6.04 Å². The number of anilines is 1. The number of carbonyl (C=O) groups is 3. The van der Waals surface area contributed by atoms with E-state index >= 15 is 0 Å². The van der Waals surface area contributed by atoms with Crippen LogP contribution in [0.3, 0.4) is 0 Å². The van der Waals surface area contributed by atoms with Gasteiger partial charge < -0.3 is 10.2 Å². The number of ketones is 1. The number of likely N-dealkylation sites (tertiary alicyclic amines) is 1. The van der Waals surface area contributed by atoms with Crippen LogP contribution in [0.25, 0.3) is 16.9 Å². The second-order valence-corrected chi connectivity index (χ2v) is 9.10. The number of nitrogens with zero attached hydrogens (tertiary/aromatic N) is 4. The Kier molecular flexibility index (Phi) is 6.04. The molecule has 8 nitrogen and oxygen atoms in total. The molecule has 0 spiro atoms. The van der Waals surface area contributed by atoms with Crippen LogP contribution in [0.4, 0.5) is 18.9 Å². The van der Waals surface area contributed by atoms with Crippen LogP contribution in [-0.4, -0.2) is 55.9 Å². The van der Waals surface area contributed by atoms with E-state index in [2.05, 4.69) is 15.4 Å². The molecular weight excluding hydrogens is 495 g/mol. The minimum atomic E-state index is -5.04. The van der Waals surface area contributed by atoms with Crippen LogP contribution < -0.4 is 5.32 Å². The molecule has 1 saturated heterocycles. The number of nitrogens with one attached hydrogen (secondary N) is 1. The number of thiophene rings is 1. The average Bonchev–Trinajstić information content (AvgIpc) is 3.63. The summed E-state index contributed by atoms with van der Waals surface area (Å²) < 4.78 is 40.2. The van der Waals surface area contributed by atoms with E-state index in [1.54, 1.807) is 54.0 Å². The van der Waals surface area contributed by atoms with Crippen molar-refractivity contribution in [3.05, 3.63) is 70.7 Å². The molecule has 3 aromatic heterocycles. The summed E-state index contributed by atoms with van der Waals surface area (Å²) in [6.45, 7) is -0.128. The lowest BCUT2D eigenvalue weighted by Crippen LogP contribution is -2.48. The molecule has 0 saturated carbocycles. The normalized spacial score (nSPS) is 15.9. The first-order chi connectivity index (χ1) is 17.2. The minimum Gasteiger partial charge on any atom is -0.324 e. The van der Waals surface area contributed by atoms with Crippen molar-refractivity contribution in [2.75, 3.05) is 11.9 Å². The van der Waals surface area contributed by atoms with Gasteiger partial charge in [0, 0.05) is 24.0 Å². The molecule has 1 fully saturated rings. The number of aromatic nitrogens is 3. The number of benzene rings is 1. The molecule has 0 bridgehead atoms. The van der Waals surface area contributed by atoms with Gasteiger partial charge in [0.15, 0.2) is 5.65 Å². The van der Waals surface area contributed by atoms with Crippen molar-refractivity contribution in [2.45, 2.75) is 25.1 Å². The molecule has 1 aromatic carbocycles. The topological polar surface area (TPSA) is 96.7 Å². The second kappa shape index (κ2) is 9.19. The van der Waals surface area contributed by atoms with Gasteiger partial charge in [-0.1, -0.05) is 18.2 Å². The molecule has 1 atom stereocenters. The van der Waals surface area contributed by atoms with E-state index in [1.807, 2.05) is 0 Å². The smallest absolute Gasteiger partial charge is 0.324 e. The van der Waals surface area contributed by atoms with Crippen LogP contribution in [0.5, 0.6) is 0 Å². The van der Waals surface area contributed by atoms with Crippen molar-refractivity contribution in [3.63, 3.8) is 0 Å². The Morgan fingerprint density at radius 2 is 1.94 bits per heavy atom. The van der Waals surface area contributed by atoms with E-state index in [-0.39, 0.29) is 18.7 Å². The molecule has 1 aliphatic heterocycles. The number of hydrogen-bond donors (Lipinski definition) is 1. The van der Waals surface area contributed by atoms with Gasteiger partial charge in [0.25, 0.3) is 0 Å². The first-order valence-electron chi connectivity index (χ1n) is 10.9. The Morgan fingerprint density at radius 1 is 1.11 bits per heavy atom. The van der Waals surface area contributed by atoms with Crippen molar-refractivity contribution < 1.29 is 27.6 Å². The average molecular weight is 514 g/mol. The summed E-state index contributed by atoms with van der Waals surface area (Å²) in [6.07, 6.45) is -1.59. The molecule has 184 valence electrons. The largest absolute Gasteiger partial charge is 0.471 e. The molecule has 4 heterocycles. The Morgan fingerprint density at radius 3 is 2.69 bits per heavy atom. The number of hydrogen-bond acceptors (Lipinski definition) is 6. The van der Waals surface area contributed by atoms with Crippen LogP contribution in [-0.2, 0) is 9.59 Å². The molecule has 0 unspecified atom stereocenters. The standard InChI is InChI=1S/C24H18F3N5O3S/c25-24(26,27)23(35)31-10-2-6-18(31)22(34)30-15-5-1-4-14(12-15)17-8-9-28-21-16(13-29-32(17)21)20(33)19-7-3-11-36-19/h1,3-5,7-9,11-13,18H,2,6,10H2,(H,30,34)/t18-/m0/s1. The number of rotatable bonds is 5. The van der Waals surface area contributed by atoms with E-state index < -0.39 is 24.0 Å². The highest BCUT2D eigenvalue weighted by atomic mass is 32.1. The zero-order valence-corrected chi connectivity index (χ0v) is 19.3. The van der Waals surface area contributed by atoms with Gasteiger partial charge in [-0.3, -0.25) is 14.4 Å². The third-order valence-corrected chi connectivity index (χ3v) is 6.74. The fourth-order valence-electron chi connectivity index (χ4n) is 4.24. The van der Waals surface area contributed by atoms with Crippen molar-refractivity contribution in [1.29, 1.82) is 0 Å². The van der Waals surface area contributed by atoms with Crippen molar-refractivity contribution in [3.8, 4) is 11.3 Å². The monoisotopic (exact) mass is 513 g/mol. The zero-order valence-electron chi connectivity index (χ0n) is 18.5. The van der Waals surface area contributed by atoms with Crippen LogP contribution >= 0.6 is 11.3 Å². The van der Waals surface area contributed by atoms with E-state index in [0.29, 0.717) is 44.4 Å². The van der Waals surface area contributed by atoms with E-state index in [1.165, 1.54) is 22.0 Å². The summed E-state index contributed by atoms with van der Waals surface area (Å²) in [5.41, 5.74) is 2.28.